The highest BCUT2D eigenvalue weighted by Gasteiger charge is 2.06. The minimum Gasteiger partial charge on any atom is -0.266 e. The van der Waals surface area contributed by atoms with Crippen molar-refractivity contribution in [2.75, 3.05) is 0 Å². The molecule has 0 aliphatic heterocycles. The Morgan fingerprint density at radius 1 is 1.62 bits per heavy atom. The fourth-order valence-electron chi connectivity index (χ4n) is 1.13. The molecule has 0 fully saturated rings. The molecule has 0 unspecified atom stereocenters. The van der Waals surface area contributed by atoms with Crippen molar-refractivity contribution in [3.63, 3.8) is 0 Å². The first kappa shape index (κ1) is 8.20. The van der Waals surface area contributed by atoms with Gasteiger partial charge in [0.1, 0.15) is 11.6 Å². The van der Waals surface area contributed by atoms with Gasteiger partial charge >= 0.3 is 0 Å². The van der Waals surface area contributed by atoms with Crippen molar-refractivity contribution in [3.8, 4) is 6.07 Å². The summed E-state index contributed by atoms with van der Waals surface area (Å²) in [6, 6.07) is 3.84. The van der Waals surface area contributed by atoms with Gasteiger partial charge in [0.05, 0.1) is 16.2 Å². The number of fused-ring (bicyclic) bond motifs is 1. The Bertz CT molecular complexity index is 509. The minimum absolute atomic E-state index is 0.389. The lowest BCUT2D eigenvalue weighted by atomic mass is 10.3. The number of rotatable bonds is 0. The standard InChI is InChI=1S/C8H5BrN4/c1-13-8-2-5(9)6(3-10)12-7(8)4-11-13/h2,4H,1H3. The maximum Gasteiger partial charge on any atom is 0.155 e. The van der Waals surface area contributed by atoms with E-state index in [9.17, 15) is 0 Å². The molecule has 4 nitrogen and oxygen atoms in total. The van der Waals surface area contributed by atoms with Crippen LogP contribution in [0.5, 0.6) is 0 Å². The summed E-state index contributed by atoms with van der Waals surface area (Å²) >= 11 is 3.27. The average molecular weight is 237 g/mol. The molecule has 0 N–H and O–H groups in total. The van der Waals surface area contributed by atoms with E-state index in [4.69, 9.17) is 5.26 Å². The van der Waals surface area contributed by atoms with Gasteiger partial charge in [0.2, 0.25) is 0 Å². The van der Waals surface area contributed by atoms with Gasteiger partial charge in [0.15, 0.2) is 5.69 Å². The topological polar surface area (TPSA) is 54.5 Å². The molecule has 64 valence electrons. The summed E-state index contributed by atoms with van der Waals surface area (Å²) in [6.07, 6.45) is 1.64. The van der Waals surface area contributed by atoms with Gasteiger partial charge in [-0.05, 0) is 22.0 Å². The van der Waals surface area contributed by atoms with E-state index in [2.05, 4.69) is 26.0 Å². The third-order valence-electron chi connectivity index (χ3n) is 1.79. The molecule has 0 amide bonds. The van der Waals surface area contributed by atoms with Crippen LogP contribution in [-0.4, -0.2) is 14.8 Å². The first-order chi connectivity index (χ1) is 6.22. The summed E-state index contributed by atoms with van der Waals surface area (Å²) in [5, 5.41) is 12.8. The van der Waals surface area contributed by atoms with E-state index in [0.29, 0.717) is 10.2 Å². The second-order valence-electron chi connectivity index (χ2n) is 2.60. The lowest BCUT2D eigenvalue weighted by molar-refractivity contribution is 0.796. The van der Waals surface area contributed by atoms with Gasteiger partial charge in [-0.3, -0.25) is 4.68 Å². The van der Waals surface area contributed by atoms with Crippen LogP contribution in [-0.2, 0) is 7.05 Å². The number of halogens is 1. The fourth-order valence-corrected chi connectivity index (χ4v) is 1.52. The molecule has 0 saturated heterocycles. The largest absolute Gasteiger partial charge is 0.266 e. The van der Waals surface area contributed by atoms with Crippen molar-refractivity contribution < 1.29 is 0 Å². The summed E-state index contributed by atoms with van der Waals surface area (Å²) in [7, 11) is 1.84. The highest BCUT2D eigenvalue weighted by atomic mass is 79.9. The molecule has 2 aromatic heterocycles. The van der Waals surface area contributed by atoms with Crippen LogP contribution in [0.1, 0.15) is 5.69 Å². The molecule has 0 bridgehead atoms. The Kier molecular flexibility index (Phi) is 1.78. The Labute approximate surface area is 82.9 Å². The van der Waals surface area contributed by atoms with Crippen molar-refractivity contribution in [1.82, 2.24) is 14.8 Å². The summed E-state index contributed by atoms with van der Waals surface area (Å²) in [5.74, 6) is 0. The molecule has 2 heterocycles. The smallest absolute Gasteiger partial charge is 0.155 e. The number of hydrogen-bond acceptors (Lipinski definition) is 3. The maximum absolute atomic E-state index is 8.71. The zero-order valence-electron chi connectivity index (χ0n) is 6.82. The summed E-state index contributed by atoms with van der Waals surface area (Å²) in [4.78, 5) is 4.12. The third kappa shape index (κ3) is 1.19. The van der Waals surface area contributed by atoms with Crippen LogP contribution in [0.4, 0.5) is 0 Å². The van der Waals surface area contributed by atoms with Crippen LogP contribution in [0.2, 0.25) is 0 Å². The van der Waals surface area contributed by atoms with Gasteiger partial charge in [-0.15, -0.1) is 0 Å². The number of nitriles is 1. The van der Waals surface area contributed by atoms with E-state index in [1.807, 2.05) is 19.2 Å². The van der Waals surface area contributed by atoms with Crippen molar-refractivity contribution in [2.45, 2.75) is 0 Å². The van der Waals surface area contributed by atoms with E-state index in [-0.39, 0.29) is 0 Å². The quantitative estimate of drug-likeness (QED) is 0.699. The zero-order chi connectivity index (χ0) is 9.42. The van der Waals surface area contributed by atoms with Crippen molar-refractivity contribution in [2.24, 2.45) is 7.05 Å². The Hall–Kier alpha value is -1.41. The fraction of sp³-hybridized carbons (Fsp3) is 0.125. The normalized spacial score (nSPS) is 10.2. The van der Waals surface area contributed by atoms with Crippen molar-refractivity contribution >= 4 is 27.0 Å². The summed E-state index contributed by atoms with van der Waals surface area (Å²) in [6.45, 7) is 0. The van der Waals surface area contributed by atoms with Gasteiger partial charge in [0, 0.05) is 7.05 Å². The average Bonchev–Trinajstić information content (AvgIpc) is 2.47. The first-order valence-electron chi connectivity index (χ1n) is 3.60. The summed E-state index contributed by atoms with van der Waals surface area (Å²) < 4.78 is 2.42. The van der Waals surface area contributed by atoms with E-state index in [1.54, 1.807) is 10.9 Å². The van der Waals surface area contributed by atoms with Gasteiger partial charge in [-0.1, -0.05) is 0 Å². The first-order valence-corrected chi connectivity index (χ1v) is 4.40. The SMILES string of the molecule is Cn1ncc2nc(C#N)c(Br)cc21. The molecule has 0 aromatic carbocycles. The Balaban J connectivity index is 2.85. The van der Waals surface area contributed by atoms with E-state index >= 15 is 0 Å². The maximum atomic E-state index is 8.71. The van der Waals surface area contributed by atoms with Crippen LogP contribution < -0.4 is 0 Å². The molecule has 2 rings (SSSR count). The number of aromatic nitrogens is 3. The molecule has 0 aliphatic carbocycles. The number of hydrogen-bond donors (Lipinski definition) is 0. The minimum atomic E-state index is 0.389. The van der Waals surface area contributed by atoms with E-state index in [1.165, 1.54) is 0 Å². The Morgan fingerprint density at radius 2 is 2.38 bits per heavy atom. The second kappa shape index (κ2) is 2.82. The molecule has 0 saturated carbocycles. The lowest BCUT2D eigenvalue weighted by Gasteiger charge is -1.96. The molecule has 0 atom stereocenters. The predicted octanol–water partition coefficient (Wildman–Crippen LogP) is 1.60. The number of aryl methyl sites for hydroxylation is 1. The Morgan fingerprint density at radius 3 is 3.08 bits per heavy atom. The number of pyridine rings is 1. The highest BCUT2D eigenvalue weighted by molar-refractivity contribution is 9.10. The molecule has 0 aliphatic rings. The molecular weight excluding hydrogens is 232 g/mol. The van der Waals surface area contributed by atoms with Gasteiger partial charge < -0.3 is 0 Å². The van der Waals surface area contributed by atoms with Gasteiger partial charge in [-0.25, -0.2) is 4.98 Å². The zero-order valence-corrected chi connectivity index (χ0v) is 8.41. The molecule has 5 heteroatoms. The molecular formula is C8H5BrN4. The van der Waals surface area contributed by atoms with Crippen LogP contribution in [0.25, 0.3) is 11.0 Å². The molecule has 2 aromatic rings. The van der Waals surface area contributed by atoms with Crippen molar-refractivity contribution in [1.29, 1.82) is 5.26 Å². The van der Waals surface area contributed by atoms with Crippen LogP contribution in [0.15, 0.2) is 16.7 Å². The summed E-state index contributed by atoms with van der Waals surface area (Å²) in [5.41, 5.74) is 2.04. The highest BCUT2D eigenvalue weighted by Crippen LogP contribution is 2.19. The van der Waals surface area contributed by atoms with Gasteiger partial charge in [0.25, 0.3) is 0 Å². The van der Waals surface area contributed by atoms with Crippen LogP contribution in [0.3, 0.4) is 0 Å². The van der Waals surface area contributed by atoms with E-state index in [0.717, 1.165) is 11.0 Å². The van der Waals surface area contributed by atoms with Crippen LogP contribution in [0, 0.1) is 11.3 Å². The lowest BCUT2D eigenvalue weighted by Crippen LogP contribution is -1.90. The predicted molar refractivity (Wildman–Crippen MR) is 50.9 cm³/mol. The second-order valence-corrected chi connectivity index (χ2v) is 3.46. The molecule has 13 heavy (non-hydrogen) atoms. The number of nitrogens with zero attached hydrogens (tertiary/aromatic N) is 4. The van der Waals surface area contributed by atoms with Crippen LogP contribution >= 0.6 is 15.9 Å². The monoisotopic (exact) mass is 236 g/mol. The van der Waals surface area contributed by atoms with E-state index < -0.39 is 0 Å². The molecule has 0 radical (unpaired) electrons. The third-order valence-corrected chi connectivity index (χ3v) is 2.40. The molecule has 0 spiro atoms. The van der Waals surface area contributed by atoms with Gasteiger partial charge in [-0.2, -0.15) is 10.4 Å². The van der Waals surface area contributed by atoms with Crippen molar-refractivity contribution in [3.05, 3.63) is 22.4 Å².